The number of para-hydroxylation sites is 3. The highest BCUT2D eigenvalue weighted by molar-refractivity contribution is 7.98. The van der Waals surface area contributed by atoms with Crippen molar-refractivity contribution >= 4 is 39.6 Å². The van der Waals surface area contributed by atoms with Gasteiger partial charge in [0.05, 0.1) is 34.3 Å². The molecular formula is C21H21N5O2S. The molecule has 29 heavy (non-hydrogen) atoms. The molecule has 1 amide bonds. The molecule has 0 saturated carbocycles. The second kappa shape index (κ2) is 8.48. The first-order valence-corrected chi connectivity index (χ1v) is 10.7. The number of amides is 1. The predicted octanol–water partition coefficient (Wildman–Crippen LogP) is 2.88. The fourth-order valence-corrected chi connectivity index (χ4v) is 3.74. The van der Waals surface area contributed by atoms with E-state index in [0.29, 0.717) is 10.9 Å². The predicted molar refractivity (Wildman–Crippen MR) is 116 cm³/mol. The second-order valence-corrected chi connectivity index (χ2v) is 7.72. The molecule has 7 nitrogen and oxygen atoms in total. The molecule has 4 rings (SSSR count). The molecular weight excluding hydrogens is 386 g/mol. The second-order valence-electron chi connectivity index (χ2n) is 6.74. The number of nitrogens with one attached hydrogen (secondary N) is 2. The van der Waals surface area contributed by atoms with Crippen LogP contribution in [0.15, 0.2) is 59.7 Å². The zero-order valence-corrected chi connectivity index (χ0v) is 16.8. The van der Waals surface area contributed by atoms with Gasteiger partial charge in [-0.3, -0.25) is 14.2 Å². The summed E-state index contributed by atoms with van der Waals surface area (Å²) in [5.41, 5.74) is 2.19. The quantitative estimate of drug-likeness (QED) is 0.491. The van der Waals surface area contributed by atoms with Gasteiger partial charge < -0.3 is 10.3 Å². The molecule has 2 aromatic carbocycles. The van der Waals surface area contributed by atoms with Crippen LogP contribution in [0.25, 0.3) is 21.9 Å². The molecule has 0 saturated heterocycles. The van der Waals surface area contributed by atoms with Gasteiger partial charge in [-0.2, -0.15) is 11.8 Å². The van der Waals surface area contributed by atoms with Crippen molar-refractivity contribution in [3.63, 3.8) is 0 Å². The van der Waals surface area contributed by atoms with Crippen molar-refractivity contribution < 1.29 is 4.79 Å². The number of aromatic amines is 1. The van der Waals surface area contributed by atoms with E-state index in [-0.39, 0.29) is 24.1 Å². The molecule has 0 aliphatic heterocycles. The van der Waals surface area contributed by atoms with Gasteiger partial charge in [-0.15, -0.1) is 0 Å². The number of benzene rings is 2. The van der Waals surface area contributed by atoms with Crippen LogP contribution in [0.2, 0.25) is 0 Å². The van der Waals surface area contributed by atoms with Crippen LogP contribution in [0.3, 0.4) is 0 Å². The third-order valence-corrected chi connectivity index (χ3v) is 5.37. The van der Waals surface area contributed by atoms with Crippen LogP contribution in [-0.4, -0.2) is 37.4 Å². The van der Waals surface area contributed by atoms with E-state index >= 15 is 0 Å². The Morgan fingerprint density at radius 3 is 2.72 bits per heavy atom. The molecule has 0 radical (unpaired) electrons. The van der Waals surface area contributed by atoms with Crippen molar-refractivity contribution in [1.82, 2.24) is 24.8 Å². The lowest BCUT2D eigenvalue weighted by Crippen LogP contribution is -2.35. The lowest BCUT2D eigenvalue weighted by atomic mass is 10.2. The van der Waals surface area contributed by atoms with Gasteiger partial charge in [0.15, 0.2) is 0 Å². The summed E-state index contributed by atoms with van der Waals surface area (Å²) in [4.78, 5) is 37.5. The topological polar surface area (TPSA) is 92.7 Å². The molecule has 1 atom stereocenters. The van der Waals surface area contributed by atoms with E-state index in [1.54, 1.807) is 30.0 Å². The van der Waals surface area contributed by atoms with Gasteiger partial charge >= 0.3 is 0 Å². The number of thioether (sulfide) groups is 1. The van der Waals surface area contributed by atoms with Gasteiger partial charge in [-0.1, -0.05) is 24.3 Å². The van der Waals surface area contributed by atoms with Gasteiger partial charge in [-0.05, 0) is 42.7 Å². The van der Waals surface area contributed by atoms with Crippen molar-refractivity contribution in [3.05, 3.63) is 71.0 Å². The Hall–Kier alpha value is -3.13. The van der Waals surface area contributed by atoms with Crippen molar-refractivity contribution in [2.45, 2.75) is 19.0 Å². The maximum atomic E-state index is 12.7. The summed E-state index contributed by atoms with van der Waals surface area (Å²) in [5, 5.41) is 3.52. The Morgan fingerprint density at radius 2 is 1.93 bits per heavy atom. The highest BCUT2D eigenvalue weighted by atomic mass is 32.2. The van der Waals surface area contributed by atoms with Crippen LogP contribution in [-0.2, 0) is 11.3 Å². The third kappa shape index (κ3) is 4.17. The highest BCUT2D eigenvalue weighted by Gasteiger charge is 2.19. The largest absolute Gasteiger partial charge is 0.345 e. The van der Waals surface area contributed by atoms with E-state index in [1.807, 2.05) is 36.6 Å². The van der Waals surface area contributed by atoms with Gasteiger partial charge in [0.2, 0.25) is 5.91 Å². The van der Waals surface area contributed by atoms with Crippen LogP contribution >= 0.6 is 11.8 Å². The van der Waals surface area contributed by atoms with Crippen LogP contribution in [0, 0.1) is 0 Å². The maximum Gasteiger partial charge on any atom is 0.261 e. The van der Waals surface area contributed by atoms with Gasteiger partial charge in [0.25, 0.3) is 5.56 Å². The summed E-state index contributed by atoms with van der Waals surface area (Å²) in [6, 6.07) is 14.6. The number of H-pyrrole nitrogens is 1. The maximum absolute atomic E-state index is 12.7. The first-order chi connectivity index (χ1) is 14.2. The molecule has 0 spiro atoms. The SMILES string of the molecule is CSCCC(NC(=O)Cn1cnc2ccccc2c1=O)c1nc2ccccc2[nH]1. The van der Waals surface area contributed by atoms with Crippen molar-refractivity contribution in [1.29, 1.82) is 0 Å². The molecule has 2 aromatic heterocycles. The van der Waals surface area contributed by atoms with Gasteiger partial charge in [0, 0.05) is 0 Å². The summed E-state index contributed by atoms with van der Waals surface area (Å²) >= 11 is 1.71. The van der Waals surface area contributed by atoms with Crippen molar-refractivity contribution in [2.75, 3.05) is 12.0 Å². The zero-order chi connectivity index (χ0) is 20.2. The molecule has 2 heterocycles. The summed E-state index contributed by atoms with van der Waals surface area (Å²) < 4.78 is 1.34. The number of hydrogen-bond donors (Lipinski definition) is 2. The molecule has 148 valence electrons. The van der Waals surface area contributed by atoms with Crippen molar-refractivity contribution in [2.24, 2.45) is 0 Å². The van der Waals surface area contributed by atoms with Crippen LogP contribution in [0.1, 0.15) is 18.3 Å². The Kier molecular flexibility index (Phi) is 5.62. The number of rotatable bonds is 7. The fraction of sp³-hybridized carbons (Fsp3) is 0.238. The summed E-state index contributed by atoms with van der Waals surface area (Å²) in [7, 11) is 0. The molecule has 8 heteroatoms. The Balaban J connectivity index is 1.55. The van der Waals surface area contributed by atoms with Crippen LogP contribution in [0.5, 0.6) is 0 Å². The molecule has 4 aromatic rings. The average Bonchev–Trinajstić information content (AvgIpc) is 3.17. The molecule has 1 unspecified atom stereocenters. The van der Waals surface area contributed by atoms with E-state index in [2.05, 4.69) is 20.3 Å². The minimum atomic E-state index is -0.258. The van der Waals surface area contributed by atoms with Crippen LogP contribution in [0.4, 0.5) is 0 Å². The van der Waals surface area contributed by atoms with E-state index in [9.17, 15) is 9.59 Å². The molecule has 2 N–H and O–H groups in total. The normalized spacial score (nSPS) is 12.3. The summed E-state index contributed by atoms with van der Waals surface area (Å²) in [5.74, 6) is 1.34. The number of fused-ring (bicyclic) bond motifs is 2. The molecule has 0 bridgehead atoms. The average molecular weight is 407 g/mol. The Labute approximate surface area is 171 Å². The van der Waals surface area contributed by atoms with Crippen LogP contribution < -0.4 is 10.9 Å². The first kappa shape index (κ1) is 19.2. The monoisotopic (exact) mass is 407 g/mol. The first-order valence-electron chi connectivity index (χ1n) is 9.33. The molecule has 0 fully saturated rings. The minimum Gasteiger partial charge on any atom is -0.345 e. The number of carbonyl (C=O) groups excluding carboxylic acids is 1. The highest BCUT2D eigenvalue weighted by Crippen LogP contribution is 2.20. The molecule has 0 aliphatic carbocycles. The summed E-state index contributed by atoms with van der Waals surface area (Å²) in [6.45, 7) is -0.0906. The third-order valence-electron chi connectivity index (χ3n) is 4.73. The minimum absolute atomic E-state index is 0.0906. The molecule has 0 aliphatic rings. The van der Waals surface area contributed by atoms with E-state index in [0.717, 1.165) is 29.0 Å². The zero-order valence-electron chi connectivity index (χ0n) is 16.0. The Bertz CT molecular complexity index is 1180. The lowest BCUT2D eigenvalue weighted by molar-refractivity contribution is -0.122. The summed E-state index contributed by atoms with van der Waals surface area (Å²) in [6.07, 6.45) is 4.18. The lowest BCUT2D eigenvalue weighted by Gasteiger charge is -2.17. The van der Waals surface area contributed by atoms with E-state index in [1.165, 1.54) is 10.9 Å². The van der Waals surface area contributed by atoms with E-state index < -0.39 is 0 Å². The number of imidazole rings is 1. The van der Waals surface area contributed by atoms with Crippen molar-refractivity contribution in [3.8, 4) is 0 Å². The van der Waals surface area contributed by atoms with Gasteiger partial charge in [0.1, 0.15) is 12.4 Å². The number of nitrogens with zero attached hydrogens (tertiary/aromatic N) is 3. The number of aromatic nitrogens is 4. The number of hydrogen-bond acceptors (Lipinski definition) is 5. The standard InChI is InChI=1S/C21H21N5O2S/c1-29-11-10-18(20-24-16-8-4-5-9-17(16)25-20)23-19(27)12-26-13-22-15-7-3-2-6-14(15)21(26)28/h2-9,13,18H,10-12H2,1H3,(H,23,27)(H,24,25). The smallest absolute Gasteiger partial charge is 0.261 e. The fourth-order valence-electron chi connectivity index (χ4n) is 3.26. The van der Waals surface area contributed by atoms with Gasteiger partial charge in [-0.25, -0.2) is 9.97 Å². The van der Waals surface area contributed by atoms with E-state index in [4.69, 9.17) is 0 Å². The Morgan fingerprint density at radius 1 is 1.17 bits per heavy atom. The number of carbonyl (C=O) groups is 1.